The van der Waals surface area contributed by atoms with E-state index in [1.54, 1.807) is 7.11 Å². The largest absolute Gasteiger partial charge is 0.388 e. The van der Waals surface area contributed by atoms with Gasteiger partial charge in [0.15, 0.2) is 0 Å². The summed E-state index contributed by atoms with van der Waals surface area (Å²) in [5.74, 6) is 0. The lowest BCUT2D eigenvalue weighted by molar-refractivity contribution is 0.00524. The Morgan fingerprint density at radius 3 is 3.00 bits per heavy atom. The van der Waals surface area contributed by atoms with E-state index in [0.717, 1.165) is 13.0 Å². The second-order valence-corrected chi connectivity index (χ2v) is 3.48. The minimum Gasteiger partial charge on any atom is -0.388 e. The molecule has 0 spiro atoms. The van der Waals surface area contributed by atoms with Gasteiger partial charge in [-0.2, -0.15) is 0 Å². The molecule has 5 heteroatoms. The lowest BCUT2D eigenvalue weighted by Gasteiger charge is -2.16. The number of aliphatic hydroxyl groups excluding tert-OH is 1. The van der Waals surface area contributed by atoms with E-state index in [-0.39, 0.29) is 12.2 Å². The van der Waals surface area contributed by atoms with Crippen molar-refractivity contribution in [2.24, 2.45) is 5.73 Å². The van der Waals surface area contributed by atoms with E-state index in [1.165, 1.54) is 0 Å². The van der Waals surface area contributed by atoms with Crippen LogP contribution in [0.3, 0.4) is 0 Å². The van der Waals surface area contributed by atoms with Crippen LogP contribution >= 0.6 is 0 Å². The number of rotatable bonds is 6. The highest BCUT2D eigenvalue weighted by Gasteiger charge is 2.35. The van der Waals surface area contributed by atoms with Gasteiger partial charge in [-0.05, 0) is 19.5 Å². The van der Waals surface area contributed by atoms with Gasteiger partial charge in [-0.1, -0.05) is 0 Å². The fraction of sp³-hybridized carbons (Fsp3) is 1.00. The van der Waals surface area contributed by atoms with E-state index >= 15 is 0 Å². The van der Waals surface area contributed by atoms with Crippen molar-refractivity contribution in [3.8, 4) is 0 Å². The molecule has 84 valence electrons. The first kappa shape index (κ1) is 11.9. The Morgan fingerprint density at radius 1 is 1.64 bits per heavy atom. The van der Waals surface area contributed by atoms with E-state index in [0.29, 0.717) is 19.7 Å². The molecule has 1 aliphatic heterocycles. The summed E-state index contributed by atoms with van der Waals surface area (Å²) >= 11 is 0. The zero-order valence-corrected chi connectivity index (χ0v) is 8.61. The number of nitrogens with one attached hydrogen (secondary N) is 1. The number of methoxy groups -OCH3 is 1. The minimum absolute atomic E-state index is 0.155. The molecule has 1 rings (SSSR count). The van der Waals surface area contributed by atoms with Crippen molar-refractivity contribution >= 4 is 0 Å². The Bertz CT molecular complexity index is 157. The van der Waals surface area contributed by atoms with Crippen LogP contribution in [0.2, 0.25) is 0 Å². The van der Waals surface area contributed by atoms with Crippen molar-refractivity contribution in [2.45, 2.75) is 24.7 Å². The molecule has 0 bridgehead atoms. The molecule has 0 aromatic heterocycles. The Balaban J connectivity index is 2.13. The first-order valence-corrected chi connectivity index (χ1v) is 5.03. The fourth-order valence-electron chi connectivity index (χ4n) is 1.51. The van der Waals surface area contributed by atoms with Crippen LogP contribution < -0.4 is 11.1 Å². The topological polar surface area (TPSA) is 76.7 Å². The first-order chi connectivity index (χ1) is 6.79. The maximum absolute atomic E-state index is 9.69. The van der Waals surface area contributed by atoms with Gasteiger partial charge in [-0.15, -0.1) is 0 Å². The predicted octanol–water partition coefficient (Wildman–Crippen LogP) is -1.30. The van der Waals surface area contributed by atoms with Crippen LogP contribution in [0.4, 0.5) is 0 Å². The smallest absolute Gasteiger partial charge is 0.110 e. The van der Waals surface area contributed by atoms with E-state index in [9.17, 15) is 5.11 Å². The van der Waals surface area contributed by atoms with Crippen molar-refractivity contribution in [3.63, 3.8) is 0 Å². The van der Waals surface area contributed by atoms with Crippen LogP contribution in [-0.2, 0) is 9.47 Å². The van der Waals surface area contributed by atoms with Gasteiger partial charge in [0.2, 0.25) is 0 Å². The zero-order chi connectivity index (χ0) is 10.4. The summed E-state index contributed by atoms with van der Waals surface area (Å²) in [4.78, 5) is 0. The summed E-state index contributed by atoms with van der Waals surface area (Å²) in [7, 11) is 1.58. The molecule has 0 saturated carbocycles. The van der Waals surface area contributed by atoms with E-state index in [4.69, 9.17) is 15.2 Å². The lowest BCUT2D eigenvalue weighted by Crippen LogP contribution is -2.38. The molecule has 4 N–H and O–H groups in total. The molecule has 1 aliphatic rings. The van der Waals surface area contributed by atoms with Crippen molar-refractivity contribution in [1.82, 2.24) is 5.32 Å². The molecule has 14 heavy (non-hydrogen) atoms. The van der Waals surface area contributed by atoms with Gasteiger partial charge in [0.25, 0.3) is 0 Å². The SMILES string of the molecule is COC1CO[C@@H](CNCCCN)[C@H]1O. The van der Waals surface area contributed by atoms with Crippen molar-refractivity contribution in [3.05, 3.63) is 0 Å². The first-order valence-electron chi connectivity index (χ1n) is 5.03. The van der Waals surface area contributed by atoms with Gasteiger partial charge in [0, 0.05) is 13.7 Å². The average Bonchev–Trinajstić information content (AvgIpc) is 2.55. The van der Waals surface area contributed by atoms with Crippen LogP contribution in [0.1, 0.15) is 6.42 Å². The third kappa shape index (κ3) is 3.18. The van der Waals surface area contributed by atoms with Gasteiger partial charge in [-0.25, -0.2) is 0 Å². The van der Waals surface area contributed by atoms with Gasteiger partial charge in [0.1, 0.15) is 12.2 Å². The molecule has 1 saturated heterocycles. The minimum atomic E-state index is -0.523. The molecule has 0 aromatic carbocycles. The molecule has 0 aliphatic carbocycles. The van der Waals surface area contributed by atoms with Crippen molar-refractivity contribution in [2.75, 3.05) is 33.4 Å². The summed E-state index contributed by atoms with van der Waals surface area (Å²) in [6.45, 7) is 2.67. The average molecular weight is 204 g/mol. The number of aliphatic hydroxyl groups is 1. The Morgan fingerprint density at radius 2 is 2.43 bits per heavy atom. The number of hydrogen-bond acceptors (Lipinski definition) is 5. The van der Waals surface area contributed by atoms with Crippen LogP contribution in [0.25, 0.3) is 0 Å². The lowest BCUT2D eigenvalue weighted by atomic mass is 10.1. The summed E-state index contributed by atoms with van der Waals surface area (Å²) in [5, 5.41) is 12.9. The van der Waals surface area contributed by atoms with Gasteiger partial charge in [-0.3, -0.25) is 0 Å². The third-order valence-electron chi connectivity index (χ3n) is 2.44. The Kier molecular flexibility index (Phi) is 5.36. The maximum Gasteiger partial charge on any atom is 0.110 e. The molecule has 5 nitrogen and oxygen atoms in total. The maximum atomic E-state index is 9.69. The number of nitrogens with two attached hydrogens (primary N) is 1. The third-order valence-corrected chi connectivity index (χ3v) is 2.44. The van der Waals surface area contributed by atoms with Gasteiger partial charge < -0.3 is 25.6 Å². The van der Waals surface area contributed by atoms with Crippen molar-refractivity contribution < 1.29 is 14.6 Å². The highest BCUT2D eigenvalue weighted by molar-refractivity contribution is 4.85. The summed E-state index contributed by atoms with van der Waals surface area (Å²) in [5.41, 5.74) is 5.35. The summed E-state index contributed by atoms with van der Waals surface area (Å²) in [6, 6.07) is 0. The highest BCUT2D eigenvalue weighted by Crippen LogP contribution is 2.15. The van der Waals surface area contributed by atoms with E-state index in [1.807, 2.05) is 0 Å². The van der Waals surface area contributed by atoms with Crippen LogP contribution in [0.15, 0.2) is 0 Å². The van der Waals surface area contributed by atoms with Crippen LogP contribution in [0, 0.1) is 0 Å². The molecule has 0 aromatic rings. The molecule has 1 fully saturated rings. The standard InChI is InChI=1S/C9H20N2O3/c1-13-8-6-14-7(9(8)12)5-11-4-2-3-10/h7-9,11-12H,2-6,10H2,1H3/t7-,8?,9+/m0/s1. The van der Waals surface area contributed by atoms with Crippen molar-refractivity contribution in [1.29, 1.82) is 0 Å². The second-order valence-electron chi connectivity index (χ2n) is 3.48. The van der Waals surface area contributed by atoms with Crippen LogP contribution in [0.5, 0.6) is 0 Å². The number of hydrogen-bond donors (Lipinski definition) is 3. The Labute approximate surface area is 84.6 Å². The van der Waals surface area contributed by atoms with Gasteiger partial charge in [0.05, 0.1) is 12.7 Å². The molecule has 1 heterocycles. The quantitative estimate of drug-likeness (QED) is 0.469. The predicted molar refractivity (Wildman–Crippen MR) is 53.1 cm³/mol. The second kappa shape index (κ2) is 6.31. The normalized spacial score (nSPS) is 32.4. The molecule has 0 amide bonds. The monoisotopic (exact) mass is 204 g/mol. The summed E-state index contributed by atoms with van der Waals surface area (Å²) < 4.78 is 10.4. The number of ether oxygens (including phenoxy) is 2. The molecule has 3 atom stereocenters. The van der Waals surface area contributed by atoms with E-state index < -0.39 is 6.10 Å². The molecular weight excluding hydrogens is 184 g/mol. The summed E-state index contributed by atoms with van der Waals surface area (Å²) in [6.07, 6.45) is 0.0793. The molecule has 0 radical (unpaired) electrons. The fourth-order valence-corrected chi connectivity index (χ4v) is 1.51. The Hall–Kier alpha value is -0.200. The molecule has 1 unspecified atom stereocenters. The zero-order valence-electron chi connectivity index (χ0n) is 8.61. The molecular formula is C9H20N2O3. The van der Waals surface area contributed by atoms with Gasteiger partial charge >= 0.3 is 0 Å². The van der Waals surface area contributed by atoms with E-state index in [2.05, 4.69) is 5.32 Å². The highest BCUT2D eigenvalue weighted by atomic mass is 16.6. The van der Waals surface area contributed by atoms with Crippen LogP contribution in [-0.4, -0.2) is 56.8 Å².